The second-order valence-electron chi connectivity index (χ2n) is 3.77. The van der Waals surface area contributed by atoms with Crippen LogP contribution in [0.4, 0.5) is 5.82 Å². The highest BCUT2D eigenvalue weighted by atomic mass is 79.9. The molecule has 0 aliphatic carbocycles. The SMILES string of the molecule is Nc1noc(-c2cn[nH]c2)c1-c1ccc(Br)cc1. The minimum atomic E-state index is 0.369. The maximum Gasteiger partial charge on any atom is 0.180 e. The number of rotatable bonds is 2. The summed E-state index contributed by atoms with van der Waals surface area (Å²) in [5.74, 6) is 0.983. The molecule has 6 heteroatoms. The summed E-state index contributed by atoms with van der Waals surface area (Å²) < 4.78 is 6.28. The molecule has 90 valence electrons. The van der Waals surface area contributed by atoms with Crippen LogP contribution in [0.2, 0.25) is 0 Å². The Morgan fingerprint density at radius 2 is 1.94 bits per heavy atom. The zero-order valence-electron chi connectivity index (χ0n) is 9.22. The standard InChI is InChI=1S/C12H9BrN4O/c13-9-3-1-7(2-4-9)10-11(18-17-12(10)14)8-5-15-16-6-8/h1-6H,(H2,14,17)(H,15,16). The summed E-state index contributed by atoms with van der Waals surface area (Å²) in [5.41, 5.74) is 8.42. The summed E-state index contributed by atoms with van der Waals surface area (Å²) in [5, 5.41) is 10.5. The Bertz CT molecular complexity index is 658. The Balaban J connectivity index is 2.17. The van der Waals surface area contributed by atoms with Crippen LogP contribution in [0.3, 0.4) is 0 Å². The molecule has 0 fully saturated rings. The average molecular weight is 305 g/mol. The van der Waals surface area contributed by atoms with Gasteiger partial charge in [-0.1, -0.05) is 33.2 Å². The maximum absolute atomic E-state index is 5.87. The molecular formula is C12H9BrN4O. The summed E-state index contributed by atoms with van der Waals surface area (Å²) in [7, 11) is 0. The molecule has 0 saturated heterocycles. The van der Waals surface area contributed by atoms with Gasteiger partial charge in [-0.05, 0) is 17.7 Å². The van der Waals surface area contributed by atoms with Gasteiger partial charge in [0.1, 0.15) is 0 Å². The van der Waals surface area contributed by atoms with Crippen molar-refractivity contribution in [1.29, 1.82) is 0 Å². The van der Waals surface area contributed by atoms with Crippen LogP contribution in [-0.4, -0.2) is 15.4 Å². The normalized spacial score (nSPS) is 10.7. The number of nitrogen functional groups attached to an aromatic ring is 1. The molecule has 2 heterocycles. The van der Waals surface area contributed by atoms with Crippen LogP contribution in [0.15, 0.2) is 45.7 Å². The molecule has 3 N–H and O–H groups in total. The van der Waals surface area contributed by atoms with Gasteiger partial charge >= 0.3 is 0 Å². The number of H-pyrrole nitrogens is 1. The third-order valence-corrected chi connectivity index (χ3v) is 3.14. The number of hydrogen-bond acceptors (Lipinski definition) is 4. The Hall–Kier alpha value is -2.08. The van der Waals surface area contributed by atoms with E-state index in [2.05, 4.69) is 31.3 Å². The van der Waals surface area contributed by atoms with E-state index < -0.39 is 0 Å². The largest absolute Gasteiger partial charge is 0.380 e. The first-order chi connectivity index (χ1) is 8.75. The van der Waals surface area contributed by atoms with Gasteiger partial charge in [0, 0.05) is 10.7 Å². The van der Waals surface area contributed by atoms with E-state index in [1.54, 1.807) is 12.4 Å². The minimum absolute atomic E-state index is 0.369. The number of aromatic amines is 1. The third-order valence-electron chi connectivity index (χ3n) is 2.61. The van der Waals surface area contributed by atoms with Crippen molar-refractivity contribution in [1.82, 2.24) is 15.4 Å². The summed E-state index contributed by atoms with van der Waals surface area (Å²) in [6, 6.07) is 7.80. The van der Waals surface area contributed by atoms with Crippen molar-refractivity contribution in [2.45, 2.75) is 0 Å². The van der Waals surface area contributed by atoms with Crippen molar-refractivity contribution >= 4 is 21.7 Å². The van der Waals surface area contributed by atoms with E-state index in [1.807, 2.05) is 24.3 Å². The molecule has 0 spiro atoms. The van der Waals surface area contributed by atoms with Gasteiger partial charge < -0.3 is 10.3 Å². The first kappa shape index (κ1) is 11.0. The van der Waals surface area contributed by atoms with Gasteiger partial charge in [0.15, 0.2) is 11.6 Å². The van der Waals surface area contributed by atoms with Crippen LogP contribution in [-0.2, 0) is 0 Å². The highest BCUT2D eigenvalue weighted by Crippen LogP contribution is 2.36. The number of halogens is 1. The van der Waals surface area contributed by atoms with Crippen molar-refractivity contribution in [3.63, 3.8) is 0 Å². The van der Waals surface area contributed by atoms with Crippen LogP contribution in [0.1, 0.15) is 0 Å². The van der Waals surface area contributed by atoms with E-state index >= 15 is 0 Å². The van der Waals surface area contributed by atoms with Gasteiger partial charge in [0.05, 0.1) is 17.3 Å². The quantitative estimate of drug-likeness (QED) is 0.762. The predicted molar refractivity (Wildman–Crippen MR) is 71.6 cm³/mol. The Kier molecular flexibility index (Phi) is 2.64. The molecule has 0 unspecified atom stereocenters. The fourth-order valence-corrected chi connectivity index (χ4v) is 2.03. The topological polar surface area (TPSA) is 80.7 Å². The molecule has 0 radical (unpaired) electrons. The van der Waals surface area contributed by atoms with Crippen molar-refractivity contribution < 1.29 is 4.52 Å². The maximum atomic E-state index is 5.87. The molecule has 2 aromatic heterocycles. The van der Waals surface area contributed by atoms with E-state index in [1.165, 1.54) is 0 Å². The predicted octanol–water partition coefficient (Wildman–Crippen LogP) is 3.08. The molecular weight excluding hydrogens is 296 g/mol. The van der Waals surface area contributed by atoms with E-state index in [0.717, 1.165) is 21.2 Å². The fourth-order valence-electron chi connectivity index (χ4n) is 1.77. The number of nitrogens with two attached hydrogens (primary N) is 1. The lowest BCUT2D eigenvalue weighted by Crippen LogP contribution is -1.88. The molecule has 1 aromatic carbocycles. The Labute approximate surface area is 111 Å². The van der Waals surface area contributed by atoms with Gasteiger partial charge in [0.25, 0.3) is 0 Å². The molecule has 5 nitrogen and oxygen atoms in total. The van der Waals surface area contributed by atoms with Gasteiger partial charge in [-0.15, -0.1) is 0 Å². The first-order valence-electron chi connectivity index (χ1n) is 5.26. The number of aromatic nitrogens is 3. The number of benzene rings is 1. The Morgan fingerprint density at radius 1 is 1.17 bits per heavy atom. The zero-order chi connectivity index (χ0) is 12.5. The second-order valence-corrected chi connectivity index (χ2v) is 4.68. The lowest BCUT2D eigenvalue weighted by molar-refractivity contribution is 0.436. The Morgan fingerprint density at radius 3 is 2.61 bits per heavy atom. The second kappa shape index (κ2) is 4.30. The average Bonchev–Trinajstić information content (AvgIpc) is 2.99. The molecule has 0 amide bonds. The summed E-state index contributed by atoms with van der Waals surface area (Å²) in [6.45, 7) is 0. The highest BCUT2D eigenvalue weighted by molar-refractivity contribution is 9.10. The van der Waals surface area contributed by atoms with Crippen molar-refractivity contribution in [2.24, 2.45) is 0 Å². The molecule has 0 aliphatic rings. The van der Waals surface area contributed by atoms with Crippen LogP contribution >= 0.6 is 15.9 Å². The van der Waals surface area contributed by atoms with Crippen LogP contribution < -0.4 is 5.73 Å². The molecule has 18 heavy (non-hydrogen) atoms. The number of hydrogen-bond donors (Lipinski definition) is 2. The molecule has 3 rings (SSSR count). The summed E-state index contributed by atoms with van der Waals surface area (Å²) >= 11 is 3.40. The van der Waals surface area contributed by atoms with Gasteiger partial charge in [0.2, 0.25) is 0 Å². The van der Waals surface area contributed by atoms with E-state index in [0.29, 0.717) is 11.6 Å². The van der Waals surface area contributed by atoms with E-state index in [-0.39, 0.29) is 0 Å². The third kappa shape index (κ3) is 1.80. The monoisotopic (exact) mass is 304 g/mol. The van der Waals surface area contributed by atoms with E-state index in [9.17, 15) is 0 Å². The van der Waals surface area contributed by atoms with Crippen LogP contribution in [0.25, 0.3) is 22.5 Å². The molecule has 0 atom stereocenters. The molecule has 3 aromatic rings. The fraction of sp³-hybridized carbons (Fsp3) is 0. The number of anilines is 1. The molecule has 0 saturated carbocycles. The van der Waals surface area contributed by atoms with Crippen molar-refractivity contribution in [3.8, 4) is 22.5 Å². The lowest BCUT2D eigenvalue weighted by atomic mass is 10.0. The number of nitrogens with zero attached hydrogens (tertiary/aromatic N) is 2. The lowest BCUT2D eigenvalue weighted by Gasteiger charge is -2.01. The van der Waals surface area contributed by atoms with Crippen LogP contribution in [0, 0.1) is 0 Å². The molecule has 0 bridgehead atoms. The van der Waals surface area contributed by atoms with E-state index in [4.69, 9.17) is 10.3 Å². The zero-order valence-corrected chi connectivity index (χ0v) is 10.8. The van der Waals surface area contributed by atoms with Crippen molar-refractivity contribution in [3.05, 3.63) is 41.1 Å². The van der Waals surface area contributed by atoms with Crippen molar-refractivity contribution in [2.75, 3.05) is 5.73 Å². The van der Waals surface area contributed by atoms with Gasteiger partial charge in [-0.2, -0.15) is 5.10 Å². The minimum Gasteiger partial charge on any atom is -0.380 e. The summed E-state index contributed by atoms with van der Waals surface area (Å²) in [4.78, 5) is 0. The molecule has 0 aliphatic heterocycles. The van der Waals surface area contributed by atoms with Crippen LogP contribution in [0.5, 0.6) is 0 Å². The smallest absolute Gasteiger partial charge is 0.180 e. The van der Waals surface area contributed by atoms with Gasteiger partial charge in [-0.25, -0.2) is 0 Å². The number of nitrogens with one attached hydrogen (secondary N) is 1. The highest BCUT2D eigenvalue weighted by Gasteiger charge is 2.18. The first-order valence-corrected chi connectivity index (χ1v) is 6.05. The summed E-state index contributed by atoms with van der Waals surface area (Å²) in [6.07, 6.45) is 3.41. The van der Waals surface area contributed by atoms with Gasteiger partial charge in [-0.3, -0.25) is 5.10 Å².